The number of ketones is 1. The highest BCUT2D eigenvalue weighted by molar-refractivity contribution is 6.20. The zero-order valence-corrected chi connectivity index (χ0v) is 9.67. The van der Waals surface area contributed by atoms with Crippen LogP contribution in [0, 0.1) is 0 Å². The molecule has 1 N–H and O–H groups in total. The van der Waals surface area contributed by atoms with E-state index in [0.29, 0.717) is 17.9 Å². The van der Waals surface area contributed by atoms with Crippen molar-refractivity contribution in [2.45, 2.75) is 6.42 Å². The summed E-state index contributed by atoms with van der Waals surface area (Å²) < 4.78 is 5.14. The minimum absolute atomic E-state index is 0.0505. The first-order valence-corrected chi connectivity index (χ1v) is 5.54. The van der Waals surface area contributed by atoms with Gasteiger partial charge in [-0.3, -0.25) is 4.79 Å². The summed E-state index contributed by atoms with van der Waals surface area (Å²) in [6.07, 6.45) is 2.07. The Morgan fingerprint density at radius 2 is 2.31 bits per heavy atom. The molecule has 0 saturated carbocycles. The second-order valence-corrected chi connectivity index (χ2v) is 3.85. The standard InChI is InChI=1S/C12H12ClNO2/c1-16-8-2-3-11-9(6-8)10(7-14-11)12(15)4-5-13/h2-3,6-7,14H,4-5H2,1H3. The van der Waals surface area contributed by atoms with Gasteiger partial charge in [0.1, 0.15) is 5.75 Å². The molecular formula is C12H12ClNO2. The van der Waals surface area contributed by atoms with Crippen LogP contribution in [-0.4, -0.2) is 23.8 Å². The summed E-state index contributed by atoms with van der Waals surface area (Å²) in [5.74, 6) is 1.14. The Morgan fingerprint density at radius 1 is 1.50 bits per heavy atom. The van der Waals surface area contributed by atoms with Crippen LogP contribution in [0.5, 0.6) is 5.75 Å². The normalized spacial score (nSPS) is 10.6. The van der Waals surface area contributed by atoms with E-state index in [1.54, 1.807) is 13.3 Å². The van der Waals surface area contributed by atoms with Gasteiger partial charge < -0.3 is 9.72 Å². The number of H-pyrrole nitrogens is 1. The van der Waals surface area contributed by atoms with Crippen molar-refractivity contribution in [3.05, 3.63) is 30.0 Å². The molecule has 16 heavy (non-hydrogen) atoms. The molecule has 0 aliphatic rings. The van der Waals surface area contributed by atoms with Gasteiger partial charge in [-0.15, -0.1) is 11.6 Å². The van der Waals surface area contributed by atoms with Gasteiger partial charge in [0.15, 0.2) is 5.78 Å². The molecule has 0 unspecified atom stereocenters. The highest BCUT2D eigenvalue weighted by atomic mass is 35.5. The maximum Gasteiger partial charge on any atom is 0.166 e. The third-order valence-corrected chi connectivity index (χ3v) is 2.70. The van der Waals surface area contributed by atoms with Crippen molar-refractivity contribution >= 4 is 28.3 Å². The smallest absolute Gasteiger partial charge is 0.166 e. The molecule has 0 saturated heterocycles. The molecule has 3 nitrogen and oxygen atoms in total. The van der Waals surface area contributed by atoms with Crippen LogP contribution in [0.25, 0.3) is 10.9 Å². The summed E-state index contributed by atoms with van der Waals surface area (Å²) in [6.45, 7) is 0. The Bertz CT molecular complexity index is 519. The quantitative estimate of drug-likeness (QED) is 0.656. The predicted molar refractivity (Wildman–Crippen MR) is 64.5 cm³/mol. The predicted octanol–water partition coefficient (Wildman–Crippen LogP) is 2.99. The Labute approximate surface area is 98.4 Å². The molecule has 84 valence electrons. The second-order valence-electron chi connectivity index (χ2n) is 3.48. The third kappa shape index (κ3) is 1.91. The van der Waals surface area contributed by atoms with E-state index in [1.165, 1.54) is 0 Å². The van der Waals surface area contributed by atoms with Crippen LogP contribution in [0.2, 0.25) is 0 Å². The SMILES string of the molecule is COc1ccc2[nH]cc(C(=O)CCCl)c2c1. The van der Waals surface area contributed by atoms with E-state index in [-0.39, 0.29) is 5.78 Å². The minimum atomic E-state index is 0.0505. The fourth-order valence-electron chi connectivity index (χ4n) is 1.68. The number of ether oxygens (including phenoxy) is 1. The minimum Gasteiger partial charge on any atom is -0.497 e. The first-order chi connectivity index (χ1) is 7.76. The molecule has 0 radical (unpaired) electrons. The fraction of sp³-hybridized carbons (Fsp3) is 0.250. The summed E-state index contributed by atoms with van der Waals surface area (Å²) in [7, 11) is 1.61. The van der Waals surface area contributed by atoms with E-state index in [2.05, 4.69) is 4.98 Å². The Balaban J connectivity index is 2.49. The van der Waals surface area contributed by atoms with E-state index in [9.17, 15) is 4.79 Å². The Kier molecular flexibility index (Phi) is 3.15. The summed E-state index contributed by atoms with van der Waals surface area (Å²) in [4.78, 5) is 14.8. The molecule has 0 fully saturated rings. The van der Waals surface area contributed by atoms with Gasteiger partial charge in [-0.2, -0.15) is 0 Å². The zero-order valence-electron chi connectivity index (χ0n) is 8.92. The largest absolute Gasteiger partial charge is 0.497 e. The zero-order chi connectivity index (χ0) is 11.5. The number of halogens is 1. The number of alkyl halides is 1. The maximum atomic E-state index is 11.8. The van der Waals surface area contributed by atoms with Gasteiger partial charge in [-0.1, -0.05) is 0 Å². The van der Waals surface area contributed by atoms with E-state index >= 15 is 0 Å². The van der Waals surface area contributed by atoms with E-state index in [1.807, 2.05) is 18.2 Å². The number of nitrogens with one attached hydrogen (secondary N) is 1. The Hall–Kier alpha value is -1.48. The molecule has 0 aliphatic carbocycles. The van der Waals surface area contributed by atoms with Crippen LogP contribution in [0.1, 0.15) is 16.8 Å². The lowest BCUT2D eigenvalue weighted by Crippen LogP contribution is -1.98. The van der Waals surface area contributed by atoms with Crippen molar-refractivity contribution in [1.29, 1.82) is 0 Å². The van der Waals surface area contributed by atoms with Crippen molar-refractivity contribution in [1.82, 2.24) is 4.98 Å². The molecule has 1 aromatic carbocycles. The lowest BCUT2D eigenvalue weighted by Gasteiger charge is -2.00. The number of rotatable bonds is 4. The molecule has 4 heteroatoms. The van der Waals surface area contributed by atoms with Gasteiger partial charge >= 0.3 is 0 Å². The van der Waals surface area contributed by atoms with Crippen LogP contribution in [0.3, 0.4) is 0 Å². The number of Topliss-reactive ketones (excluding diaryl/α,β-unsaturated/α-hetero) is 1. The van der Waals surface area contributed by atoms with Crippen LogP contribution < -0.4 is 4.74 Å². The van der Waals surface area contributed by atoms with Gasteiger partial charge in [-0.05, 0) is 18.2 Å². The van der Waals surface area contributed by atoms with Crippen LogP contribution >= 0.6 is 11.6 Å². The molecule has 0 bridgehead atoms. The van der Waals surface area contributed by atoms with Gasteiger partial charge in [0.05, 0.1) is 7.11 Å². The summed E-state index contributed by atoms with van der Waals surface area (Å²) in [5.41, 5.74) is 1.60. The number of carbonyl (C=O) groups excluding carboxylic acids is 1. The first-order valence-electron chi connectivity index (χ1n) is 5.00. The fourth-order valence-corrected chi connectivity index (χ4v) is 1.85. The van der Waals surface area contributed by atoms with E-state index in [4.69, 9.17) is 16.3 Å². The monoisotopic (exact) mass is 237 g/mol. The number of hydrogen-bond donors (Lipinski definition) is 1. The highest BCUT2D eigenvalue weighted by Gasteiger charge is 2.11. The molecule has 1 heterocycles. The molecule has 0 spiro atoms. The van der Waals surface area contributed by atoms with Gasteiger partial charge in [0.2, 0.25) is 0 Å². The van der Waals surface area contributed by atoms with Crippen molar-refractivity contribution in [3.63, 3.8) is 0 Å². The van der Waals surface area contributed by atoms with E-state index < -0.39 is 0 Å². The van der Waals surface area contributed by atoms with Gasteiger partial charge in [0, 0.05) is 35.0 Å². The number of fused-ring (bicyclic) bond motifs is 1. The maximum absolute atomic E-state index is 11.8. The lowest BCUT2D eigenvalue weighted by atomic mass is 10.1. The van der Waals surface area contributed by atoms with Gasteiger partial charge in [0.25, 0.3) is 0 Å². The molecule has 0 aliphatic heterocycles. The number of aromatic nitrogens is 1. The molecule has 0 amide bonds. The topological polar surface area (TPSA) is 42.1 Å². The van der Waals surface area contributed by atoms with Gasteiger partial charge in [-0.25, -0.2) is 0 Å². The highest BCUT2D eigenvalue weighted by Crippen LogP contribution is 2.24. The summed E-state index contributed by atoms with van der Waals surface area (Å²) >= 11 is 5.57. The van der Waals surface area contributed by atoms with Crippen LogP contribution in [0.4, 0.5) is 0 Å². The second kappa shape index (κ2) is 4.58. The van der Waals surface area contributed by atoms with Crippen molar-refractivity contribution in [3.8, 4) is 5.75 Å². The number of aromatic amines is 1. The molecule has 1 aromatic heterocycles. The third-order valence-electron chi connectivity index (χ3n) is 2.51. The molecule has 2 aromatic rings. The van der Waals surface area contributed by atoms with Crippen molar-refractivity contribution < 1.29 is 9.53 Å². The van der Waals surface area contributed by atoms with Crippen LogP contribution in [0.15, 0.2) is 24.4 Å². The number of hydrogen-bond acceptors (Lipinski definition) is 2. The number of carbonyl (C=O) groups is 1. The number of methoxy groups -OCH3 is 1. The lowest BCUT2D eigenvalue weighted by molar-refractivity contribution is 0.0991. The first kappa shape index (κ1) is 11.0. The average Bonchev–Trinajstić information content (AvgIpc) is 2.71. The molecule has 0 atom stereocenters. The summed E-state index contributed by atoms with van der Waals surface area (Å²) in [6, 6.07) is 5.60. The molecular weight excluding hydrogens is 226 g/mol. The number of benzene rings is 1. The average molecular weight is 238 g/mol. The van der Waals surface area contributed by atoms with Crippen molar-refractivity contribution in [2.75, 3.05) is 13.0 Å². The Morgan fingerprint density at radius 3 is 3.00 bits per heavy atom. The summed E-state index contributed by atoms with van der Waals surface area (Å²) in [5, 5.41) is 0.884. The molecule has 2 rings (SSSR count). The van der Waals surface area contributed by atoms with Crippen LogP contribution in [-0.2, 0) is 0 Å². The van der Waals surface area contributed by atoms with Crippen molar-refractivity contribution in [2.24, 2.45) is 0 Å². The van der Waals surface area contributed by atoms with E-state index in [0.717, 1.165) is 16.7 Å².